The summed E-state index contributed by atoms with van der Waals surface area (Å²) < 4.78 is 26.9. The second kappa shape index (κ2) is 9.68. The summed E-state index contributed by atoms with van der Waals surface area (Å²) in [6.07, 6.45) is 5.06. The third kappa shape index (κ3) is 5.54. The van der Waals surface area contributed by atoms with E-state index in [0.717, 1.165) is 5.57 Å². The van der Waals surface area contributed by atoms with E-state index in [1.54, 1.807) is 30.4 Å². The number of urea groups is 1. The van der Waals surface area contributed by atoms with Crippen molar-refractivity contribution in [3.63, 3.8) is 0 Å². The van der Waals surface area contributed by atoms with Crippen molar-refractivity contribution in [3.05, 3.63) is 61.2 Å². The van der Waals surface area contributed by atoms with Gasteiger partial charge in [0, 0.05) is 31.9 Å². The van der Waals surface area contributed by atoms with Crippen molar-refractivity contribution in [2.24, 2.45) is 0 Å². The number of allylic oxidation sites excluding steroid dienone is 2. The Morgan fingerprint density at radius 2 is 1.75 bits per heavy atom. The average Bonchev–Trinajstić information content (AvgIpc) is 2.66. The van der Waals surface area contributed by atoms with Crippen LogP contribution in [0.3, 0.4) is 0 Å². The summed E-state index contributed by atoms with van der Waals surface area (Å²) in [5.74, 6) is 0. The minimum absolute atomic E-state index is 0.222. The molecular weight excluding hydrogens is 376 g/mol. The van der Waals surface area contributed by atoms with Crippen LogP contribution in [0.15, 0.2) is 66.1 Å². The smallest absolute Gasteiger partial charge is 0.319 e. The fraction of sp³-hybridized carbons (Fsp3) is 0.350. The minimum atomic E-state index is -3.52. The molecule has 28 heavy (non-hydrogen) atoms. The molecule has 1 heterocycles. The van der Waals surface area contributed by atoms with Crippen molar-refractivity contribution in [2.75, 3.05) is 38.5 Å². The lowest BCUT2D eigenvalue weighted by Crippen LogP contribution is -2.47. The van der Waals surface area contributed by atoms with Crippen molar-refractivity contribution in [1.82, 2.24) is 14.5 Å². The van der Waals surface area contributed by atoms with Crippen molar-refractivity contribution in [1.29, 1.82) is 0 Å². The van der Waals surface area contributed by atoms with Crippen molar-refractivity contribution in [3.8, 4) is 0 Å². The van der Waals surface area contributed by atoms with E-state index in [0.29, 0.717) is 31.9 Å². The molecule has 2 rings (SSSR count). The molecule has 1 aromatic rings. The summed E-state index contributed by atoms with van der Waals surface area (Å²) >= 11 is 0. The summed E-state index contributed by atoms with van der Waals surface area (Å²) in [6.45, 7) is 11.6. The Balaban J connectivity index is 2.00. The number of hydrogen-bond acceptors (Lipinski definition) is 4. The first-order valence-corrected chi connectivity index (χ1v) is 10.5. The first kappa shape index (κ1) is 21.9. The fourth-order valence-corrected chi connectivity index (χ4v) is 4.28. The van der Waals surface area contributed by atoms with E-state index in [4.69, 9.17) is 0 Å². The van der Waals surface area contributed by atoms with Gasteiger partial charge < -0.3 is 15.5 Å². The number of piperazine rings is 1. The Morgan fingerprint density at radius 1 is 1.14 bits per heavy atom. The minimum Gasteiger partial charge on any atom is -0.331 e. The van der Waals surface area contributed by atoms with Gasteiger partial charge >= 0.3 is 6.03 Å². The Hall–Kier alpha value is -2.42. The normalized spacial score (nSPS) is 17.6. The molecule has 1 aromatic carbocycles. The lowest BCUT2D eigenvalue weighted by atomic mass is 10.1. The number of nitrogens with zero attached hydrogens (tertiary/aromatic N) is 2. The second-order valence-corrected chi connectivity index (χ2v) is 8.60. The molecule has 2 N–H and O–H groups in total. The first-order chi connectivity index (χ1) is 13.3. The maximum absolute atomic E-state index is 12.7. The lowest BCUT2D eigenvalue weighted by molar-refractivity contribution is 0.222. The van der Waals surface area contributed by atoms with Gasteiger partial charge in [-0.25, -0.2) is 13.2 Å². The van der Waals surface area contributed by atoms with Crippen LogP contribution >= 0.6 is 0 Å². The van der Waals surface area contributed by atoms with E-state index in [1.807, 2.05) is 14.0 Å². The Kier molecular flexibility index (Phi) is 7.56. The molecule has 1 aliphatic heterocycles. The van der Waals surface area contributed by atoms with Crippen LogP contribution in [0.25, 0.3) is 0 Å². The van der Waals surface area contributed by atoms with Crippen molar-refractivity contribution < 1.29 is 13.2 Å². The highest BCUT2D eigenvalue weighted by Gasteiger charge is 2.27. The fourth-order valence-electron chi connectivity index (χ4n) is 2.86. The van der Waals surface area contributed by atoms with Gasteiger partial charge in [0.1, 0.15) is 0 Å². The molecule has 7 nitrogen and oxygen atoms in total. The van der Waals surface area contributed by atoms with Crippen LogP contribution in [-0.4, -0.2) is 62.9 Å². The zero-order valence-corrected chi connectivity index (χ0v) is 17.2. The number of carbonyl (C=O) groups excluding carboxylic acids is 1. The largest absolute Gasteiger partial charge is 0.331 e. The van der Waals surface area contributed by atoms with Crippen LogP contribution < -0.4 is 10.6 Å². The monoisotopic (exact) mass is 404 g/mol. The number of likely N-dealkylation sites (N-methyl/N-ethyl adjacent to an activating group) is 1. The summed E-state index contributed by atoms with van der Waals surface area (Å²) in [6, 6.07) is 5.56. The van der Waals surface area contributed by atoms with Crippen LogP contribution in [0, 0.1) is 0 Å². The van der Waals surface area contributed by atoms with Gasteiger partial charge in [0.15, 0.2) is 0 Å². The molecule has 0 aliphatic carbocycles. The van der Waals surface area contributed by atoms with Crippen LogP contribution in [0.5, 0.6) is 0 Å². The van der Waals surface area contributed by atoms with Crippen LogP contribution in [0.2, 0.25) is 0 Å². The predicted octanol–water partition coefficient (Wildman–Crippen LogP) is 2.43. The third-order valence-electron chi connectivity index (χ3n) is 4.61. The molecule has 0 unspecified atom stereocenters. The molecule has 0 radical (unpaired) electrons. The molecule has 1 aliphatic rings. The quantitative estimate of drug-likeness (QED) is 0.684. The number of anilines is 1. The Labute approximate surface area is 167 Å². The van der Waals surface area contributed by atoms with Gasteiger partial charge in [0.05, 0.1) is 10.9 Å². The summed E-state index contributed by atoms with van der Waals surface area (Å²) in [5, 5.41) is 5.50. The first-order valence-electron chi connectivity index (χ1n) is 9.09. The van der Waals surface area contributed by atoms with Gasteiger partial charge in [0.2, 0.25) is 10.0 Å². The van der Waals surface area contributed by atoms with E-state index in [-0.39, 0.29) is 17.0 Å². The average molecular weight is 405 g/mol. The maximum Gasteiger partial charge on any atom is 0.319 e. The molecule has 0 aromatic heterocycles. The molecule has 0 spiro atoms. The van der Waals surface area contributed by atoms with Gasteiger partial charge in [-0.05, 0) is 43.8 Å². The van der Waals surface area contributed by atoms with Crippen LogP contribution in [-0.2, 0) is 10.0 Å². The number of carbonyl (C=O) groups is 1. The van der Waals surface area contributed by atoms with Gasteiger partial charge in [-0.2, -0.15) is 4.31 Å². The molecular formula is C20H28N4O3S. The molecule has 2 amide bonds. The highest BCUT2D eigenvalue weighted by Crippen LogP contribution is 2.19. The van der Waals surface area contributed by atoms with Gasteiger partial charge in [-0.15, -0.1) is 0 Å². The van der Waals surface area contributed by atoms with Crippen LogP contribution in [0.4, 0.5) is 10.5 Å². The number of nitrogens with one attached hydrogen (secondary N) is 2. The zero-order chi connectivity index (χ0) is 20.7. The van der Waals surface area contributed by atoms with Gasteiger partial charge in [-0.3, -0.25) is 0 Å². The van der Waals surface area contributed by atoms with E-state index in [1.165, 1.54) is 16.4 Å². The SMILES string of the molecule is C=C/C=C(\C=C)[C@H](C)NC(=O)Nc1ccc(S(=O)(=O)N2CCN(C)CC2)cc1. The highest BCUT2D eigenvalue weighted by molar-refractivity contribution is 7.89. The topological polar surface area (TPSA) is 81.8 Å². The van der Waals surface area contributed by atoms with E-state index < -0.39 is 10.0 Å². The zero-order valence-electron chi connectivity index (χ0n) is 16.4. The molecule has 1 saturated heterocycles. The summed E-state index contributed by atoms with van der Waals surface area (Å²) in [4.78, 5) is 14.5. The van der Waals surface area contributed by atoms with E-state index >= 15 is 0 Å². The van der Waals surface area contributed by atoms with Crippen LogP contribution in [0.1, 0.15) is 6.92 Å². The van der Waals surface area contributed by atoms with E-state index in [2.05, 4.69) is 28.7 Å². The third-order valence-corrected chi connectivity index (χ3v) is 6.52. The second-order valence-electron chi connectivity index (χ2n) is 6.66. The molecule has 152 valence electrons. The number of benzene rings is 1. The number of sulfonamides is 1. The maximum atomic E-state index is 12.7. The molecule has 1 fully saturated rings. The highest BCUT2D eigenvalue weighted by atomic mass is 32.2. The predicted molar refractivity (Wildman–Crippen MR) is 113 cm³/mol. The van der Waals surface area contributed by atoms with Gasteiger partial charge in [-0.1, -0.05) is 31.4 Å². The Morgan fingerprint density at radius 3 is 2.29 bits per heavy atom. The molecule has 0 saturated carbocycles. The molecule has 1 atom stereocenters. The lowest BCUT2D eigenvalue weighted by Gasteiger charge is -2.31. The molecule has 8 heteroatoms. The summed E-state index contributed by atoms with van der Waals surface area (Å²) in [7, 11) is -1.55. The number of hydrogen-bond donors (Lipinski definition) is 2. The van der Waals surface area contributed by atoms with Gasteiger partial charge in [0.25, 0.3) is 0 Å². The molecule has 0 bridgehead atoms. The standard InChI is InChI=1S/C20H28N4O3S/c1-5-7-17(6-2)16(3)21-20(25)22-18-8-10-19(11-9-18)28(26,27)24-14-12-23(4)13-15-24/h5-11,16H,1-2,12-15H2,3-4H3,(H2,21,22,25)/b17-7+/t16-/m0/s1. The number of amides is 2. The van der Waals surface area contributed by atoms with E-state index in [9.17, 15) is 13.2 Å². The Bertz CT molecular complexity index is 839. The summed E-state index contributed by atoms with van der Waals surface area (Å²) in [5.41, 5.74) is 1.34. The van der Waals surface area contributed by atoms with Crippen molar-refractivity contribution in [2.45, 2.75) is 17.9 Å². The number of rotatable bonds is 7. The van der Waals surface area contributed by atoms with Crippen molar-refractivity contribution >= 4 is 21.7 Å².